The fourth-order valence-electron chi connectivity index (χ4n) is 3.33. The maximum absolute atomic E-state index is 12.5. The molecule has 2 aromatic carbocycles. The van der Waals surface area contributed by atoms with Crippen molar-refractivity contribution in [2.75, 3.05) is 24.1 Å². The molecule has 0 bridgehead atoms. The lowest BCUT2D eigenvalue weighted by Gasteiger charge is -2.32. The molecule has 1 aliphatic rings. The van der Waals surface area contributed by atoms with Gasteiger partial charge >= 0.3 is 0 Å². The van der Waals surface area contributed by atoms with Crippen molar-refractivity contribution < 1.29 is 18.0 Å². The van der Waals surface area contributed by atoms with Crippen molar-refractivity contribution in [2.45, 2.75) is 25.3 Å². The Balaban J connectivity index is 1.47. The highest BCUT2D eigenvalue weighted by atomic mass is 35.5. The van der Waals surface area contributed by atoms with Gasteiger partial charge in [0.25, 0.3) is 5.91 Å². The van der Waals surface area contributed by atoms with E-state index in [1.165, 1.54) is 0 Å². The monoisotopic (exact) mass is 449 g/mol. The first-order valence-electron chi connectivity index (χ1n) is 9.60. The number of piperidine rings is 1. The highest BCUT2D eigenvalue weighted by Crippen LogP contribution is 2.16. The van der Waals surface area contributed by atoms with Gasteiger partial charge in [0.05, 0.1) is 12.7 Å². The van der Waals surface area contributed by atoms with E-state index in [2.05, 4.69) is 10.0 Å². The Labute approximate surface area is 181 Å². The zero-order valence-electron chi connectivity index (χ0n) is 16.6. The number of anilines is 1. The number of halogens is 1. The van der Waals surface area contributed by atoms with Crippen LogP contribution >= 0.6 is 11.6 Å². The summed E-state index contributed by atoms with van der Waals surface area (Å²) < 4.78 is 24.9. The number of rotatable bonds is 6. The first kappa shape index (κ1) is 22.1. The fraction of sp³-hybridized carbons (Fsp3) is 0.333. The van der Waals surface area contributed by atoms with Gasteiger partial charge in [-0.25, -0.2) is 8.42 Å². The SMILES string of the molecule is CS(=O)(=O)Nc1ccc(C(=O)NC2CCN(C(=O)Cc3ccc(Cl)cc3)CC2)cc1. The van der Waals surface area contributed by atoms with Crippen molar-refractivity contribution in [1.82, 2.24) is 10.2 Å². The van der Waals surface area contributed by atoms with E-state index in [-0.39, 0.29) is 17.9 Å². The molecule has 0 unspecified atom stereocenters. The van der Waals surface area contributed by atoms with Gasteiger partial charge in [-0.2, -0.15) is 0 Å². The van der Waals surface area contributed by atoms with Gasteiger partial charge in [-0.05, 0) is 54.8 Å². The van der Waals surface area contributed by atoms with Crippen LogP contribution in [0, 0.1) is 0 Å². The second-order valence-corrected chi connectivity index (χ2v) is 9.57. The van der Waals surface area contributed by atoms with Crippen molar-refractivity contribution in [2.24, 2.45) is 0 Å². The highest BCUT2D eigenvalue weighted by Gasteiger charge is 2.24. The number of nitrogens with one attached hydrogen (secondary N) is 2. The van der Waals surface area contributed by atoms with Crippen LogP contribution in [-0.4, -0.2) is 50.5 Å². The van der Waals surface area contributed by atoms with E-state index >= 15 is 0 Å². The molecule has 1 fully saturated rings. The number of likely N-dealkylation sites (tertiary alicyclic amines) is 1. The van der Waals surface area contributed by atoms with Crippen molar-refractivity contribution in [3.63, 3.8) is 0 Å². The van der Waals surface area contributed by atoms with E-state index in [1.807, 2.05) is 17.0 Å². The Morgan fingerprint density at radius 1 is 1.03 bits per heavy atom. The van der Waals surface area contributed by atoms with Crippen LogP contribution in [0.5, 0.6) is 0 Å². The summed E-state index contributed by atoms with van der Waals surface area (Å²) in [6.07, 6.45) is 2.78. The van der Waals surface area contributed by atoms with Gasteiger partial charge in [0.2, 0.25) is 15.9 Å². The number of hydrogen-bond donors (Lipinski definition) is 2. The van der Waals surface area contributed by atoms with Gasteiger partial charge < -0.3 is 10.2 Å². The zero-order valence-corrected chi connectivity index (χ0v) is 18.2. The van der Waals surface area contributed by atoms with Crippen molar-refractivity contribution in [3.8, 4) is 0 Å². The van der Waals surface area contributed by atoms with E-state index in [0.717, 1.165) is 11.8 Å². The molecule has 1 heterocycles. The van der Waals surface area contributed by atoms with Crippen LogP contribution < -0.4 is 10.0 Å². The maximum Gasteiger partial charge on any atom is 0.251 e. The summed E-state index contributed by atoms with van der Waals surface area (Å²) in [7, 11) is -3.36. The molecule has 1 saturated heterocycles. The number of amides is 2. The molecule has 9 heteroatoms. The molecule has 0 radical (unpaired) electrons. The quantitative estimate of drug-likeness (QED) is 0.708. The largest absolute Gasteiger partial charge is 0.349 e. The Kier molecular flexibility index (Phi) is 6.99. The van der Waals surface area contributed by atoms with Crippen LogP contribution in [0.15, 0.2) is 48.5 Å². The molecule has 2 aromatic rings. The summed E-state index contributed by atoms with van der Waals surface area (Å²) in [5.41, 5.74) is 1.78. The lowest BCUT2D eigenvalue weighted by atomic mass is 10.0. The Bertz CT molecular complexity index is 1000. The highest BCUT2D eigenvalue weighted by molar-refractivity contribution is 7.92. The second-order valence-electron chi connectivity index (χ2n) is 7.38. The predicted octanol–water partition coefficient (Wildman–Crippen LogP) is 2.68. The van der Waals surface area contributed by atoms with E-state index in [1.54, 1.807) is 36.4 Å². The molecule has 2 amide bonds. The van der Waals surface area contributed by atoms with Crippen molar-refractivity contribution in [1.29, 1.82) is 0 Å². The minimum absolute atomic E-state index is 0.00842. The molecule has 0 saturated carbocycles. The molecule has 0 spiro atoms. The molecule has 7 nitrogen and oxygen atoms in total. The number of benzene rings is 2. The van der Waals surface area contributed by atoms with Gasteiger partial charge in [0.15, 0.2) is 0 Å². The van der Waals surface area contributed by atoms with E-state index in [4.69, 9.17) is 11.6 Å². The Morgan fingerprint density at radius 3 is 2.20 bits per heavy atom. The Hall–Kier alpha value is -2.58. The summed E-state index contributed by atoms with van der Waals surface area (Å²) in [5, 5.41) is 3.63. The summed E-state index contributed by atoms with van der Waals surface area (Å²) in [5.74, 6) is -0.150. The van der Waals surface area contributed by atoms with Crippen LogP contribution in [0.3, 0.4) is 0 Å². The zero-order chi connectivity index (χ0) is 21.7. The van der Waals surface area contributed by atoms with Crippen LogP contribution in [0.25, 0.3) is 0 Å². The van der Waals surface area contributed by atoms with Crippen LogP contribution in [0.2, 0.25) is 5.02 Å². The van der Waals surface area contributed by atoms with Crippen molar-refractivity contribution in [3.05, 3.63) is 64.7 Å². The lowest BCUT2D eigenvalue weighted by molar-refractivity contribution is -0.131. The molecule has 30 heavy (non-hydrogen) atoms. The summed E-state index contributed by atoms with van der Waals surface area (Å²) in [6.45, 7) is 1.18. The molecule has 0 atom stereocenters. The maximum atomic E-state index is 12.5. The number of hydrogen-bond acceptors (Lipinski definition) is 4. The predicted molar refractivity (Wildman–Crippen MR) is 117 cm³/mol. The van der Waals surface area contributed by atoms with Gasteiger partial charge in [-0.3, -0.25) is 14.3 Å². The molecule has 160 valence electrons. The normalized spacial score (nSPS) is 14.9. The third-order valence-corrected chi connectivity index (χ3v) is 5.76. The Morgan fingerprint density at radius 2 is 1.63 bits per heavy atom. The average molecular weight is 450 g/mol. The van der Waals surface area contributed by atoms with E-state index in [9.17, 15) is 18.0 Å². The minimum atomic E-state index is -3.36. The number of carbonyl (C=O) groups is 2. The van der Waals surface area contributed by atoms with E-state index in [0.29, 0.717) is 48.6 Å². The standard InChI is InChI=1S/C21H24ClN3O4S/c1-30(28,29)24-19-8-4-16(5-9-19)21(27)23-18-10-12-25(13-11-18)20(26)14-15-2-6-17(22)7-3-15/h2-9,18,24H,10-14H2,1H3,(H,23,27). The first-order chi connectivity index (χ1) is 14.2. The third-order valence-electron chi connectivity index (χ3n) is 4.90. The molecule has 2 N–H and O–H groups in total. The smallest absolute Gasteiger partial charge is 0.251 e. The summed E-state index contributed by atoms with van der Waals surface area (Å²) >= 11 is 5.87. The summed E-state index contributed by atoms with van der Waals surface area (Å²) in [4.78, 5) is 26.8. The second kappa shape index (κ2) is 9.49. The third kappa shape index (κ3) is 6.47. The number of nitrogens with zero attached hydrogens (tertiary/aromatic N) is 1. The van der Waals surface area contributed by atoms with Gasteiger partial charge in [-0.15, -0.1) is 0 Å². The average Bonchev–Trinajstić information content (AvgIpc) is 2.69. The van der Waals surface area contributed by atoms with Crippen molar-refractivity contribution >= 4 is 39.1 Å². The number of carbonyl (C=O) groups excluding carboxylic acids is 2. The first-order valence-corrected chi connectivity index (χ1v) is 11.9. The van der Waals surface area contributed by atoms with E-state index < -0.39 is 10.0 Å². The van der Waals surface area contributed by atoms with Crippen LogP contribution in [-0.2, 0) is 21.2 Å². The summed E-state index contributed by atoms with van der Waals surface area (Å²) in [6, 6.07) is 13.5. The minimum Gasteiger partial charge on any atom is -0.349 e. The van der Waals surface area contributed by atoms with Gasteiger partial charge in [-0.1, -0.05) is 23.7 Å². The number of sulfonamides is 1. The van der Waals surface area contributed by atoms with Gasteiger partial charge in [0, 0.05) is 35.4 Å². The molecule has 0 aliphatic carbocycles. The molecular formula is C21H24ClN3O4S. The molecule has 0 aromatic heterocycles. The lowest BCUT2D eigenvalue weighted by Crippen LogP contribution is -2.47. The van der Waals surface area contributed by atoms with Crippen LogP contribution in [0.4, 0.5) is 5.69 Å². The molecule has 1 aliphatic heterocycles. The topological polar surface area (TPSA) is 95.6 Å². The van der Waals surface area contributed by atoms with Crippen LogP contribution in [0.1, 0.15) is 28.8 Å². The molecule has 3 rings (SSSR count). The van der Waals surface area contributed by atoms with Gasteiger partial charge in [0.1, 0.15) is 0 Å². The fourth-order valence-corrected chi connectivity index (χ4v) is 4.02. The molecular weight excluding hydrogens is 426 g/mol.